The van der Waals surface area contributed by atoms with E-state index >= 15 is 0 Å². The van der Waals surface area contributed by atoms with Crippen LogP contribution in [0.5, 0.6) is 5.75 Å². The van der Waals surface area contributed by atoms with Crippen molar-refractivity contribution in [2.24, 2.45) is 5.90 Å². The maximum absolute atomic E-state index is 13.2. The molecule has 0 spiro atoms. The first kappa shape index (κ1) is 25.7. The van der Waals surface area contributed by atoms with E-state index in [2.05, 4.69) is 5.90 Å². The molecule has 1 aliphatic rings. The lowest BCUT2D eigenvalue weighted by molar-refractivity contribution is -0.153. The molecule has 5 N–H and O–H groups in total. The maximum atomic E-state index is 13.2. The standard InChI is InChI=1S/C21H24FNO6S.H3NO/c1-14-12-16(22)5-4-15(14)13-29-17-6-8-18(9-7-17)30(27,28)23-11-3-10-21(2,26)19(23)20(24)25;1-2/h4-9,12,19,26H,3,10-11,13H2,1-2H3,(H,24,25);2H,1H2. The van der Waals surface area contributed by atoms with Gasteiger partial charge in [-0.25, -0.2) is 18.7 Å². The number of aliphatic hydroxyl groups is 1. The zero-order chi connectivity index (χ0) is 24.1. The first-order valence-corrected chi connectivity index (χ1v) is 11.2. The van der Waals surface area contributed by atoms with E-state index in [1.54, 1.807) is 13.0 Å². The number of aliphatic carboxylic acids is 1. The van der Waals surface area contributed by atoms with E-state index in [1.807, 2.05) is 0 Å². The number of nitrogens with zero attached hydrogens (tertiary/aromatic N) is 1. The molecule has 0 bridgehead atoms. The molecule has 11 heteroatoms. The van der Waals surface area contributed by atoms with Gasteiger partial charge in [0.05, 0.1) is 10.5 Å². The number of carboxylic acid groups (broad SMARTS) is 1. The minimum Gasteiger partial charge on any atom is -0.489 e. The van der Waals surface area contributed by atoms with Gasteiger partial charge in [-0.3, -0.25) is 4.79 Å². The van der Waals surface area contributed by atoms with Crippen LogP contribution in [0.4, 0.5) is 4.39 Å². The van der Waals surface area contributed by atoms with Gasteiger partial charge in [-0.05, 0) is 74.2 Å². The van der Waals surface area contributed by atoms with Gasteiger partial charge in [0.25, 0.3) is 0 Å². The molecule has 3 rings (SSSR count). The lowest BCUT2D eigenvalue weighted by Gasteiger charge is -2.41. The molecule has 2 aromatic rings. The Labute approximate surface area is 185 Å². The first-order valence-electron chi connectivity index (χ1n) is 9.73. The topological polar surface area (TPSA) is 150 Å². The summed E-state index contributed by atoms with van der Waals surface area (Å²) in [7, 11) is -4.13. The molecule has 0 radical (unpaired) electrons. The number of halogens is 1. The van der Waals surface area contributed by atoms with Crippen LogP contribution in [-0.2, 0) is 21.4 Å². The third-order valence-electron chi connectivity index (χ3n) is 5.30. The minimum atomic E-state index is -4.13. The van der Waals surface area contributed by atoms with Crippen LogP contribution in [0, 0.1) is 12.7 Å². The molecule has 1 fully saturated rings. The number of carbonyl (C=O) groups is 1. The van der Waals surface area contributed by atoms with Crippen molar-refractivity contribution >= 4 is 16.0 Å². The molecule has 1 saturated heterocycles. The molecule has 0 amide bonds. The molecular weight excluding hydrogens is 443 g/mol. The number of hydrogen-bond acceptors (Lipinski definition) is 7. The molecule has 1 aliphatic heterocycles. The highest BCUT2D eigenvalue weighted by molar-refractivity contribution is 7.89. The van der Waals surface area contributed by atoms with Crippen LogP contribution in [0.2, 0.25) is 0 Å². The molecule has 176 valence electrons. The fourth-order valence-electron chi connectivity index (χ4n) is 3.64. The Morgan fingerprint density at radius 1 is 1.25 bits per heavy atom. The second-order valence-electron chi connectivity index (χ2n) is 7.65. The Balaban J connectivity index is 0.00000176. The number of piperidine rings is 1. The van der Waals surface area contributed by atoms with E-state index in [1.165, 1.54) is 43.3 Å². The molecule has 32 heavy (non-hydrogen) atoms. The quantitative estimate of drug-likeness (QED) is 0.468. The van der Waals surface area contributed by atoms with Gasteiger partial charge in [0.15, 0.2) is 6.04 Å². The lowest BCUT2D eigenvalue weighted by atomic mass is 9.88. The van der Waals surface area contributed by atoms with E-state index in [0.29, 0.717) is 12.2 Å². The van der Waals surface area contributed by atoms with E-state index < -0.39 is 27.6 Å². The van der Waals surface area contributed by atoms with E-state index in [-0.39, 0.29) is 30.3 Å². The van der Waals surface area contributed by atoms with Crippen molar-refractivity contribution in [1.29, 1.82) is 0 Å². The van der Waals surface area contributed by atoms with Crippen molar-refractivity contribution in [3.63, 3.8) is 0 Å². The molecule has 2 aromatic carbocycles. The summed E-state index contributed by atoms with van der Waals surface area (Å²) in [5.41, 5.74) is -0.119. The van der Waals surface area contributed by atoms with Crippen LogP contribution >= 0.6 is 0 Å². The Morgan fingerprint density at radius 2 is 1.88 bits per heavy atom. The molecule has 0 saturated carbocycles. The number of benzene rings is 2. The molecular formula is C21H27FN2O7S. The van der Waals surface area contributed by atoms with Gasteiger partial charge >= 0.3 is 5.97 Å². The van der Waals surface area contributed by atoms with Gasteiger partial charge in [0.2, 0.25) is 10.0 Å². The van der Waals surface area contributed by atoms with Crippen LogP contribution in [0.1, 0.15) is 30.9 Å². The Bertz CT molecular complexity index is 1040. The molecule has 9 nitrogen and oxygen atoms in total. The van der Waals surface area contributed by atoms with Crippen LogP contribution in [0.3, 0.4) is 0 Å². The van der Waals surface area contributed by atoms with Crippen molar-refractivity contribution in [3.8, 4) is 5.75 Å². The Kier molecular flexibility index (Phi) is 8.32. The largest absolute Gasteiger partial charge is 0.489 e. The van der Waals surface area contributed by atoms with Gasteiger partial charge in [0.1, 0.15) is 18.2 Å². The van der Waals surface area contributed by atoms with Crippen molar-refractivity contribution in [3.05, 3.63) is 59.4 Å². The van der Waals surface area contributed by atoms with E-state index in [0.717, 1.165) is 15.4 Å². The fraction of sp³-hybridized carbons (Fsp3) is 0.381. The minimum absolute atomic E-state index is 0.0115. The molecule has 0 aromatic heterocycles. The number of aryl methyl sites for hydroxylation is 1. The molecule has 0 aliphatic carbocycles. The zero-order valence-corrected chi connectivity index (χ0v) is 18.5. The summed E-state index contributed by atoms with van der Waals surface area (Å²) in [4.78, 5) is 11.6. The average molecular weight is 471 g/mol. The maximum Gasteiger partial charge on any atom is 0.325 e. The smallest absolute Gasteiger partial charge is 0.325 e. The normalized spacial score (nSPS) is 21.4. The van der Waals surface area contributed by atoms with Crippen molar-refractivity contribution < 1.29 is 37.8 Å². The molecule has 2 unspecified atom stereocenters. The predicted octanol–water partition coefficient (Wildman–Crippen LogP) is 2.04. The Hall–Kier alpha value is -2.57. The summed E-state index contributed by atoms with van der Waals surface area (Å²) >= 11 is 0. The summed E-state index contributed by atoms with van der Waals surface area (Å²) in [6, 6.07) is 8.43. The van der Waals surface area contributed by atoms with Gasteiger partial charge < -0.3 is 20.2 Å². The average Bonchev–Trinajstić information content (AvgIpc) is 2.73. The van der Waals surface area contributed by atoms with Crippen molar-refractivity contribution in [2.45, 2.75) is 49.8 Å². The zero-order valence-electron chi connectivity index (χ0n) is 17.7. The summed E-state index contributed by atoms with van der Waals surface area (Å²) in [5, 5.41) is 26.4. The Morgan fingerprint density at radius 3 is 2.44 bits per heavy atom. The monoisotopic (exact) mass is 470 g/mol. The number of nitrogens with two attached hydrogens (primary N) is 1. The molecule has 2 atom stereocenters. The van der Waals surface area contributed by atoms with Gasteiger partial charge in [-0.15, -0.1) is 0 Å². The summed E-state index contributed by atoms with van der Waals surface area (Å²) < 4.78 is 45.8. The van der Waals surface area contributed by atoms with Crippen LogP contribution in [0.25, 0.3) is 0 Å². The summed E-state index contributed by atoms with van der Waals surface area (Å²) in [5.74, 6) is 2.19. The third kappa shape index (κ3) is 5.61. The van der Waals surface area contributed by atoms with Crippen LogP contribution in [-0.4, -0.2) is 52.3 Å². The number of ether oxygens (including phenoxy) is 1. The summed E-state index contributed by atoms with van der Waals surface area (Å²) in [6.45, 7) is 3.30. The second kappa shape index (κ2) is 10.4. The van der Waals surface area contributed by atoms with Crippen molar-refractivity contribution in [1.82, 2.24) is 4.31 Å². The SMILES string of the molecule is Cc1cc(F)ccc1COc1ccc(S(=O)(=O)N2CCCC(C)(O)C2C(=O)O)cc1.NO. The summed E-state index contributed by atoms with van der Waals surface area (Å²) in [6.07, 6.45) is 0.555. The number of sulfonamides is 1. The predicted molar refractivity (Wildman–Crippen MR) is 113 cm³/mol. The fourth-order valence-corrected chi connectivity index (χ4v) is 5.36. The van der Waals surface area contributed by atoms with E-state index in [9.17, 15) is 27.8 Å². The van der Waals surface area contributed by atoms with Crippen molar-refractivity contribution in [2.75, 3.05) is 6.54 Å². The van der Waals surface area contributed by atoms with Crippen LogP contribution in [0.15, 0.2) is 47.4 Å². The van der Waals surface area contributed by atoms with Gasteiger partial charge in [0, 0.05) is 6.54 Å². The number of rotatable bonds is 6. The lowest BCUT2D eigenvalue weighted by Crippen LogP contribution is -2.60. The molecule has 1 heterocycles. The van der Waals surface area contributed by atoms with Gasteiger partial charge in [-0.2, -0.15) is 4.31 Å². The second-order valence-corrected chi connectivity index (χ2v) is 9.54. The first-order chi connectivity index (χ1) is 15.0. The highest BCUT2D eigenvalue weighted by atomic mass is 32.2. The third-order valence-corrected chi connectivity index (χ3v) is 7.18. The highest BCUT2D eigenvalue weighted by Gasteiger charge is 2.49. The van der Waals surface area contributed by atoms with Gasteiger partial charge in [-0.1, -0.05) is 6.07 Å². The van der Waals surface area contributed by atoms with Crippen LogP contribution < -0.4 is 10.6 Å². The van der Waals surface area contributed by atoms with E-state index in [4.69, 9.17) is 9.94 Å². The highest BCUT2D eigenvalue weighted by Crippen LogP contribution is 2.32. The number of carboxylic acids is 1. The number of hydrogen-bond donors (Lipinski definition) is 4.